The van der Waals surface area contributed by atoms with Crippen molar-refractivity contribution in [1.82, 2.24) is 20.3 Å². The average molecular weight is 332 g/mol. The first-order valence-electron chi connectivity index (χ1n) is 8.77. The minimum absolute atomic E-state index is 0.0964. The third-order valence-corrected chi connectivity index (χ3v) is 4.77. The first kappa shape index (κ1) is 15.7. The molecule has 0 saturated heterocycles. The van der Waals surface area contributed by atoms with E-state index in [9.17, 15) is 4.79 Å². The Labute approximate surface area is 146 Å². The molecule has 126 valence electrons. The molecule has 0 spiro atoms. The number of hydrogen-bond donors (Lipinski definition) is 1. The predicted octanol–water partition coefficient (Wildman–Crippen LogP) is 3.75. The first-order valence-corrected chi connectivity index (χ1v) is 8.77. The van der Waals surface area contributed by atoms with E-state index in [4.69, 9.17) is 0 Å². The zero-order valence-electron chi connectivity index (χ0n) is 14.0. The second-order valence-corrected chi connectivity index (χ2v) is 6.49. The molecule has 0 unspecified atom stereocenters. The quantitative estimate of drug-likeness (QED) is 0.793. The van der Waals surface area contributed by atoms with Gasteiger partial charge in [-0.15, -0.1) is 0 Å². The van der Waals surface area contributed by atoms with Crippen LogP contribution in [0.1, 0.15) is 42.6 Å². The van der Waals surface area contributed by atoms with Crippen LogP contribution < -0.4 is 5.32 Å². The van der Waals surface area contributed by atoms with E-state index in [1.54, 1.807) is 24.8 Å². The van der Waals surface area contributed by atoms with E-state index in [-0.39, 0.29) is 11.9 Å². The molecule has 1 fully saturated rings. The van der Waals surface area contributed by atoms with E-state index in [1.807, 2.05) is 24.3 Å². The maximum atomic E-state index is 12.7. The molecule has 3 heterocycles. The summed E-state index contributed by atoms with van der Waals surface area (Å²) in [4.78, 5) is 25.6. The van der Waals surface area contributed by atoms with Gasteiger partial charge in [-0.25, -0.2) is 4.98 Å². The normalized spacial score (nSPS) is 15.2. The monoisotopic (exact) mass is 332 g/mol. The molecule has 1 N–H and O–H groups in total. The summed E-state index contributed by atoms with van der Waals surface area (Å²) >= 11 is 0. The van der Waals surface area contributed by atoms with Gasteiger partial charge < -0.3 is 5.32 Å². The fraction of sp³-hybridized carbons (Fsp3) is 0.300. The minimum atomic E-state index is -0.0964. The molecule has 1 aliphatic rings. The second-order valence-electron chi connectivity index (χ2n) is 6.49. The van der Waals surface area contributed by atoms with Gasteiger partial charge in [0.15, 0.2) is 0 Å². The molecular weight excluding hydrogens is 312 g/mol. The lowest BCUT2D eigenvalue weighted by Crippen LogP contribution is -2.36. The van der Waals surface area contributed by atoms with Crippen LogP contribution in [0.2, 0.25) is 0 Å². The zero-order valence-corrected chi connectivity index (χ0v) is 14.0. The highest BCUT2D eigenvalue weighted by Gasteiger charge is 2.19. The van der Waals surface area contributed by atoms with Crippen molar-refractivity contribution >= 4 is 16.8 Å². The Morgan fingerprint density at radius 1 is 1.00 bits per heavy atom. The number of pyridine rings is 3. The van der Waals surface area contributed by atoms with Crippen molar-refractivity contribution < 1.29 is 4.79 Å². The average Bonchev–Trinajstić information content (AvgIpc) is 2.68. The van der Waals surface area contributed by atoms with E-state index in [2.05, 4.69) is 20.3 Å². The van der Waals surface area contributed by atoms with Gasteiger partial charge in [-0.3, -0.25) is 14.8 Å². The van der Waals surface area contributed by atoms with Crippen molar-refractivity contribution in [3.05, 3.63) is 54.7 Å². The summed E-state index contributed by atoms with van der Waals surface area (Å²) in [6, 6.07) is 7.84. The predicted molar refractivity (Wildman–Crippen MR) is 97.1 cm³/mol. The maximum absolute atomic E-state index is 12.7. The second kappa shape index (κ2) is 6.97. The Morgan fingerprint density at radius 3 is 2.56 bits per heavy atom. The summed E-state index contributed by atoms with van der Waals surface area (Å²) in [5, 5.41) is 4.08. The Kier molecular flexibility index (Phi) is 4.37. The lowest BCUT2D eigenvalue weighted by Gasteiger charge is -2.22. The molecule has 1 aliphatic carbocycles. The van der Waals surface area contributed by atoms with Crippen LogP contribution in [0.25, 0.3) is 22.0 Å². The molecule has 3 aromatic rings. The fourth-order valence-corrected chi connectivity index (χ4v) is 3.46. The van der Waals surface area contributed by atoms with Crippen LogP contribution in [-0.4, -0.2) is 26.9 Å². The molecule has 1 saturated carbocycles. The van der Waals surface area contributed by atoms with E-state index in [0.29, 0.717) is 5.69 Å². The van der Waals surface area contributed by atoms with Crippen molar-refractivity contribution in [3.8, 4) is 11.1 Å². The number of nitrogens with zero attached hydrogens (tertiary/aromatic N) is 3. The largest absolute Gasteiger partial charge is 0.348 e. The SMILES string of the molecule is O=C(NC1CCCCC1)c1cc(-c2ccncc2)c2cnccc2n1. The highest BCUT2D eigenvalue weighted by atomic mass is 16.1. The van der Waals surface area contributed by atoms with E-state index in [1.165, 1.54) is 19.3 Å². The van der Waals surface area contributed by atoms with Gasteiger partial charge in [0.05, 0.1) is 5.52 Å². The molecule has 0 aliphatic heterocycles. The summed E-state index contributed by atoms with van der Waals surface area (Å²) in [7, 11) is 0. The van der Waals surface area contributed by atoms with Crippen molar-refractivity contribution in [1.29, 1.82) is 0 Å². The van der Waals surface area contributed by atoms with Crippen LogP contribution in [0, 0.1) is 0 Å². The Balaban J connectivity index is 1.73. The van der Waals surface area contributed by atoms with Crippen molar-refractivity contribution in [3.63, 3.8) is 0 Å². The third kappa shape index (κ3) is 3.36. The van der Waals surface area contributed by atoms with Crippen molar-refractivity contribution in [2.75, 3.05) is 0 Å². The van der Waals surface area contributed by atoms with Gasteiger partial charge in [0, 0.05) is 36.2 Å². The van der Waals surface area contributed by atoms with Crippen LogP contribution in [0.4, 0.5) is 0 Å². The highest BCUT2D eigenvalue weighted by molar-refractivity contribution is 6.01. The lowest BCUT2D eigenvalue weighted by atomic mass is 9.95. The Morgan fingerprint density at radius 2 is 1.76 bits per heavy atom. The van der Waals surface area contributed by atoms with Crippen LogP contribution in [0.5, 0.6) is 0 Å². The Hall–Kier alpha value is -2.82. The van der Waals surface area contributed by atoms with Gasteiger partial charge in [-0.05, 0) is 48.2 Å². The number of carbonyl (C=O) groups is 1. The van der Waals surface area contributed by atoms with E-state index in [0.717, 1.165) is 34.9 Å². The molecular formula is C20H20N4O. The van der Waals surface area contributed by atoms with Gasteiger partial charge in [-0.2, -0.15) is 0 Å². The van der Waals surface area contributed by atoms with Gasteiger partial charge in [0.2, 0.25) is 0 Å². The molecule has 0 atom stereocenters. The molecule has 5 nitrogen and oxygen atoms in total. The van der Waals surface area contributed by atoms with Crippen LogP contribution in [0.3, 0.4) is 0 Å². The van der Waals surface area contributed by atoms with Gasteiger partial charge in [-0.1, -0.05) is 19.3 Å². The van der Waals surface area contributed by atoms with E-state index >= 15 is 0 Å². The molecule has 1 amide bonds. The fourth-order valence-electron chi connectivity index (χ4n) is 3.46. The maximum Gasteiger partial charge on any atom is 0.270 e. The number of fused-ring (bicyclic) bond motifs is 1. The summed E-state index contributed by atoms with van der Waals surface area (Å²) in [5.41, 5.74) is 3.19. The summed E-state index contributed by atoms with van der Waals surface area (Å²) in [6.45, 7) is 0. The molecule has 0 bridgehead atoms. The summed E-state index contributed by atoms with van der Waals surface area (Å²) in [6.07, 6.45) is 12.7. The van der Waals surface area contributed by atoms with Crippen LogP contribution in [-0.2, 0) is 0 Å². The summed E-state index contributed by atoms with van der Waals surface area (Å²) < 4.78 is 0. The molecule has 3 aromatic heterocycles. The number of nitrogens with one attached hydrogen (secondary N) is 1. The van der Waals surface area contributed by atoms with Gasteiger partial charge >= 0.3 is 0 Å². The van der Waals surface area contributed by atoms with Crippen LogP contribution >= 0.6 is 0 Å². The molecule has 0 radical (unpaired) electrons. The number of hydrogen-bond acceptors (Lipinski definition) is 4. The smallest absolute Gasteiger partial charge is 0.270 e. The number of carbonyl (C=O) groups excluding carboxylic acids is 1. The first-order chi connectivity index (χ1) is 12.3. The van der Waals surface area contributed by atoms with Crippen molar-refractivity contribution in [2.24, 2.45) is 0 Å². The number of rotatable bonds is 3. The summed E-state index contributed by atoms with van der Waals surface area (Å²) in [5.74, 6) is -0.0964. The third-order valence-electron chi connectivity index (χ3n) is 4.77. The highest BCUT2D eigenvalue weighted by Crippen LogP contribution is 2.28. The molecule has 4 rings (SSSR count). The van der Waals surface area contributed by atoms with Gasteiger partial charge in [0.1, 0.15) is 5.69 Å². The molecule has 0 aromatic carbocycles. The van der Waals surface area contributed by atoms with Crippen LogP contribution in [0.15, 0.2) is 49.1 Å². The standard InChI is InChI=1S/C20H20N4O/c25-20(23-15-4-2-1-3-5-15)19-12-16(14-6-9-21-10-7-14)17-13-22-11-8-18(17)24-19/h6-13,15H,1-5H2,(H,23,25). The molecule has 25 heavy (non-hydrogen) atoms. The van der Waals surface area contributed by atoms with E-state index < -0.39 is 0 Å². The van der Waals surface area contributed by atoms with Crippen molar-refractivity contribution in [2.45, 2.75) is 38.1 Å². The number of amides is 1. The molecule has 5 heteroatoms. The lowest BCUT2D eigenvalue weighted by molar-refractivity contribution is 0.0923. The van der Waals surface area contributed by atoms with Gasteiger partial charge in [0.25, 0.3) is 5.91 Å². The Bertz CT molecular complexity index is 889. The number of aromatic nitrogens is 3. The zero-order chi connectivity index (χ0) is 17.1. The topological polar surface area (TPSA) is 67.8 Å². The minimum Gasteiger partial charge on any atom is -0.348 e.